The van der Waals surface area contributed by atoms with Gasteiger partial charge in [-0.1, -0.05) is 0 Å². The molecule has 4 atom stereocenters. The van der Waals surface area contributed by atoms with E-state index in [1.807, 2.05) is 0 Å². The van der Waals surface area contributed by atoms with Gasteiger partial charge in [0.05, 0.1) is 18.2 Å². The van der Waals surface area contributed by atoms with Crippen molar-refractivity contribution in [1.82, 2.24) is 4.90 Å². The highest BCUT2D eigenvalue weighted by molar-refractivity contribution is 5.88. The number of likely N-dealkylation sites (tertiary alicyclic amines) is 1. The van der Waals surface area contributed by atoms with Gasteiger partial charge in [-0.3, -0.25) is 4.79 Å². The summed E-state index contributed by atoms with van der Waals surface area (Å²) in [6.45, 7) is 1.68. The van der Waals surface area contributed by atoms with Crippen LogP contribution in [0.25, 0.3) is 0 Å². The van der Waals surface area contributed by atoms with E-state index in [1.54, 1.807) is 6.92 Å². The van der Waals surface area contributed by atoms with E-state index in [0.29, 0.717) is 4.90 Å². The Morgan fingerprint density at radius 1 is 1.33 bits per heavy atom. The zero-order valence-corrected chi connectivity index (χ0v) is 9.48. The summed E-state index contributed by atoms with van der Waals surface area (Å²) in [4.78, 5) is 22.7. The van der Waals surface area contributed by atoms with Crippen molar-refractivity contribution in [3.63, 3.8) is 0 Å². The van der Waals surface area contributed by atoms with E-state index in [0.717, 1.165) is 0 Å². The van der Waals surface area contributed by atoms with Gasteiger partial charge in [0.15, 0.2) is 0 Å². The lowest BCUT2D eigenvalue weighted by Crippen LogP contribution is -2.50. The first-order valence-electron chi connectivity index (χ1n) is 5.49. The van der Waals surface area contributed by atoms with Gasteiger partial charge in [0, 0.05) is 6.42 Å². The van der Waals surface area contributed by atoms with Crippen LogP contribution in [0.3, 0.4) is 0 Å². The van der Waals surface area contributed by atoms with Gasteiger partial charge in [-0.25, -0.2) is 4.79 Å². The number of carbonyl (C=O) groups is 2. The summed E-state index contributed by atoms with van der Waals surface area (Å²) in [5.74, 6) is -3.53. The summed E-state index contributed by atoms with van der Waals surface area (Å²) in [6, 6.07) is -2.25. The third kappa shape index (κ3) is 2.05. The van der Waals surface area contributed by atoms with Crippen LogP contribution in [0.1, 0.15) is 19.8 Å². The van der Waals surface area contributed by atoms with Gasteiger partial charge in [-0.2, -0.15) is 13.2 Å². The van der Waals surface area contributed by atoms with Gasteiger partial charge < -0.3 is 14.7 Å². The average molecular weight is 267 g/mol. The van der Waals surface area contributed by atoms with Gasteiger partial charge in [-0.05, 0) is 13.3 Å². The maximum absolute atomic E-state index is 12.5. The summed E-state index contributed by atoms with van der Waals surface area (Å²) in [5.41, 5.74) is 0. The summed E-state index contributed by atoms with van der Waals surface area (Å²) in [7, 11) is 0. The maximum Gasteiger partial charge on any atom is 0.471 e. The van der Waals surface area contributed by atoms with Crippen LogP contribution in [-0.4, -0.2) is 52.4 Å². The second kappa shape index (κ2) is 4.11. The van der Waals surface area contributed by atoms with E-state index in [9.17, 15) is 22.8 Å². The van der Waals surface area contributed by atoms with Crippen molar-refractivity contribution in [1.29, 1.82) is 0 Å². The van der Waals surface area contributed by atoms with E-state index in [4.69, 9.17) is 9.84 Å². The highest BCUT2D eigenvalue weighted by atomic mass is 19.4. The number of carbonyl (C=O) groups excluding carboxylic acids is 1. The predicted molar refractivity (Wildman–Crippen MR) is 51.7 cm³/mol. The summed E-state index contributed by atoms with van der Waals surface area (Å²) in [6.07, 6.45) is -5.80. The number of halogens is 3. The zero-order chi connectivity index (χ0) is 13.7. The van der Waals surface area contributed by atoms with Crippen molar-refractivity contribution in [2.75, 3.05) is 0 Å². The van der Waals surface area contributed by atoms with Crippen LogP contribution in [-0.2, 0) is 14.3 Å². The van der Waals surface area contributed by atoms with Crippen molar-refractivity contribution in [3.8, 4) is 0 Å². The molecule has 0 aromatic heterocycles. The third-order valence-electron chi connectivity index (χ3n) is 3.32. The first-order valence-corrected chi connectivity index (χ1v) is 5.49. The molecule has 0 radical (unpaired) electrons. The molecule has 2 aliphatic heterocycles. The number of alkyl halides is 3. The molecule has 0 saturated carbocycles. The number of amides is 1. The fraction of sp³-hybridized carbons (Fsp3) is 0.800. The number of rotatable bonds is 1. The molecule has 102 valence electrons. The van der Waals surface area contributed by atoms with E-state index in [1.165, 1.54) is 0 Å². The lowest BCUT2D eigenvalue weighted by molar-refractivity contribution is -0.190. The number of carboxylic acids is 1. The van der Waals surface area contributed by atoms with Crippen LogP contribution in [0, 0.1) is 0 Å². The average Bonchev–Trinajstić information content (AvgIpc) is 2.70. The molecule has 2 rings (SSSR count). The molecule has 4 unspecified atom stereocenters. The maximum atomic E-state index is 12.5. The Morgan fingerprint density at radius 3 is 2.44 bits per heavy atom. The molecule has 0 aliphatic carbocycles. The first kappa shape index (κ1) is 13.1. The molecule has 5 nitrogen and oxygen atoms in total. The van der Waals surface area contributed by atoms with Crippen LogP contribution in [0.5, 0.6) is 0 Å². The van der Waals surface area contributed by atoms with Crippen LogP contribution in [0.4, 0.5) is 13.2 Å². The molecular weight excluding hydrogens is 255 g/mol. The van der Waals surface area contributed by atoms with Crippen molar-refractivity contribution in [2.24, 2.45) is 0 Å². The van der Waals surface area contributed by atoms with Crippen LogP contribution in [0.2, 0.25) is 0 Å². The van der Waals surface area contributed by atoms with Gasteiger partial charge in [0.25, 0.3) is 0 Å². The second-order valence-electron chi connectivity index (χ2n) is 4.59. The molecule has 2 aliphatic rings. The van der Waals surface area contributed by atoms with Crippen molar-refractivity contribution in [2.45, 2.75) is 50.2 Å². The minimum atomic E-state index is -5.06. The largest absolute Gasteiger partial charge is 0.480 e. The van der Waals surface area contributed by atoms with Crippen molar-refractivity contribution >= 4 is 11.9 Å². The summed E-state index contributed by atoms with van der Waals surface area (Å²) < 4.78 is 42.7. The Kier molecular flexibility index (Phi) is 3.00. The summed E-state index contributed by atoms with van der Waals surface area (Å²) >= 11 is 0. The first-order chi connectivity index (χ1) is 8.21. The lowest BCUT2D eigenvalue weighted by atomic mass is 10.1. The number of carboxylic acid groups (broad SMARTS) is 1. The molecule has 2 heterocycles. The number of fused-ring (bicyclic) bond motifs is 1. The molecule has 1 amide bonds. The van der Waals surface area contributed by atoms with E-state index < -0.39 is 36.2 Å². The third-order valence-corrected chi connectivity index (χ3v) is 3.32. The highest BCUT2D eigenvalue weighted by Crippen LogP contribution is 2.38. The molecule has 0 bridgehead atoms. The SMILES string of the molecule is CC1CC2C(CC(C(=O)O)N2C(=O)C(F)(F)F)O1. The fourth-order valence-corrected chi connectivity index (χ4v) is 2.66. The molecule has 0 aromatic rings. The van der Waals surface area contributed by atoms with Crippen LogP contribution >= 0.6 is 0 Å². The number of ether oxygens (including phenoxy) is 1. The Balaban J connectivity index is 2.27. The highest BCUT2D eigenvalue weighted by Gasteiger charge is 2.57. The molecule has 0 aromatic carbocycles. The monoisotopic (exact) mass is 267 g/mol. The molecule has 8 heteroatoms. The topological polar surface area (TPSA) is 66.8 Å². The molecule has 18 heavy (non-hydrogen) atoms. The Hall–Kier alpha value is -1.31. The Morgan fingerprint density at radius 2 is 1.94 bits per heavy atom. The van der Waals surface area contributed by atoms with Gasteiger partial charge in [-0.15, -0.1) is 0 Å². The van der Waals surface area contributed by atoms with Gasteiger partial charge in [0.1, 0.15) is 6.04 Å². The quantitative estimate of drug-likeness (QED) is 0.762. The lowest BCUT2D eigenvalue weighted by Gasteiger charge is -2.27. The zero-order valence-electron chi connectivity index (χ0n) is 9.48. The number of hydrogen-bond donors (Lipinski definition) is 1. The van der Waals surface area contributed by atoms with Gasteiger partial charge >= 0.3 is 18.1 Å². The Bertz CT molecular complexity index is 384. The van der Waals surface area contributed by atoms with Gasteiger partial charge in [0.2, 0.25) is 0 Å². The smallest absolute Gasteiger partial charge is 0.471 e. The number of hydrogen-bond acceptors (Lipinski definition) is 3. The molecule has 1 N–H and O–H groups in total. The molecule has 0 spiro atoms. The van der Waals surface area contributed by atoms with Crippen LogP contribution in [0.15, 0.2) is 0 Å². The number of aliphatic carboxylic acids is 1. The minimum Gasteiger partial charge on any atom is -0.480 e. The summed E-state index contributed by atoms with van der Waals surface area (Å²) in [5, 5.41) is 8.90. The molecule has 2 saturated heterocycles. The molecular formula is C10H12F3NO4. The van der Waals surface area contributed by atoms with Crippen LogP contribution < -0.4 is 0 Å². The van der Waals surface area contributed by atoms with E-state index in [-0.39, 0.29) is 18.9 Å². The number of nitrogens with zero attached hydrogens (tertiary/aromatic N) is 1. The minimum absolute atomic E-state index is 0.0911. The second-order valence-corrected chi connectivity index (χ2v) is 4.59. The van der Waals surface area contributed by atoms with Crippen molar-refractivity contribution < 1.29 is 32.6 Å². The standard InChI is InChI=1S/C10H12F3NO4/c1-4-2-5-7(18-4)3-6(8(15)16)14(5)9(17)10(11,12)13/h4-7H,2-3H2,1H3,(H,15,16). The Labute approximate surface area is 100 Å². The van der Waals surface area contributed by atoms with Crippen molar-refractivity contribution in [3.05, 3.63) is 0 Å². The fourth-order valence-electron chi connectivity index (χ4n) is 2.66. The normalized spacial score (nSPS) is 35.7. The van der Waals surface area contributed by atoms with E-state index in [2.05, 4.69) is 0 Å². The predicted octanol–water partition coefficient (Wildman–Crippen LogP) is 0.780. The molecule has 2 fully saturated rings. The van der Waals surface area contributed by atoms with E-state index >= 15 is 0 Å².